The Hall–Kier alpha value is -3.26. The number of benzene rings is 2. The minimum atomic E-state index is -1.02. The van der Waals surface area contributed by atoms with Crippen LogP contribution in [0.5, 0.6) is 0 Å². The highest BCUT2D eigenvalue weighted by Crippen LogP contribution is 2.36. The van der Waals surface area contributed by atoms with E-state index in [1.54, 1.807) is 57.2 Å². The summed E-state index contributed by atoms with van der Waals surface area (Å²) in [5, 5.41) is 2.66. The summed E-state index contributed by atoms with van der Waals surface area (Å²) < 4.78 is 26.0. The Labute approximate surface area is 211 Å². The van der Waals surface area contributed by atoms with Gasteiger partial charge >= 0.3 is 12.1 Å². The lowest BCUT2D eigenvalue weighted by molar-refractivity contribution is -0.938. The highest BCUT2D eigenvalue weighted by molar-refractivity contribution is 5.97. The molecule has 0 aliphatic carbocycles. The van der Waals surface area contributed by atoms with Gasteiger partial charge in [0.05, 0.1) is 18.7 Å². The maximum atomic E-state index is 14.2. The molecule has 0 spiro atoms. The van der Waals surface area contributed by atoms with Gasteiger partial charge in [-0.25, -0.2) is 14.0 Å². The van der Waals surface area contributed by atoms with Crippen LogP contribution in [0, 0.1) is 11.7 Å². The van der Waals surface area contributed by atoms with Crippen LogP contribution in [0.2, 0.25) is 0 Å². The molecule has 2 aromatic rings. The first-order valence-corrected chi connectivity index (χ1v) is 12.4. The lowest BCUT2D eigenvalue weighted by Gasteiger charge is -2.51. The first-order chi connectivity index (χ1) is 17.1. The Balaban J connectivity index is 1.47. The first-order valence-electron chi connectivity index (χ1n) is 12.4. The van der Waals surface area contributed by atoms with Crippen molar-refractivity contribution in [1.29, 1.82) is 0 Å². The van der Waals surface area contributed by atoms with Crippen molar-refractivity contribution in [2.24, 2.45) is 5.92 Å². The van der Waals surface area contributed by atoms with Crippen molar-refractivity contribution in [3.63, 3.8) is 0 Å². The van der Waals surface area contributed by atoms with Gasteiger partial charge in [0, 0.05) is 18.8 Å². The van der Waals surface area contributed by atoms with Gasteiger partial charge in [0.15, 0.2) is 12.1 Å². The Morgan fingerprint density at radius 1 is 1.03 bits per heavy atom. The molecule has 8 heteroatoms. The third kappa shape index (κ3) is 6.10. The van der Waals surface area contributed by atoms with Crippen molar-refractivity contribution in [3.05, 3.63) is 71.5 Å². The van der Waals surface area contributed by atoms with E-state index < -0.39 is 29.5 Å². The van der Waals surface area contributed by atoms with Crippen LogP contribution in [0.3, 0.4) is 0 Å². The summed E-state index contributed by atoms with van der Waals surface area (Å²) in [4.78, 5) is 38.8. The molecule has 0 saturated carbocycles. The molecule has 1 N–H and O–H groups in total. The summed E-state index contributed by atoms with van der Waals surface area (Å²) >= 11 is 0. The van der Waals surface area contributed by atoms with Crippen molar-refractivity contribution in [1.82, 2.24) is 5.32 Å². The Morgan fingerprint density at radius 3 is 2.31 bits per heavy atom. The molecular weight excluding hydrogens is 463 g/mol. The van der Waals surface area contributed by atoms with Gasteiger partial charge in [-0.3, -0.25) is 4.79 Å². The fourth-order valence-corrected chi connectivity index (χ4v) is 5.22. The third-order valence-electron chi connectivity index (χ3n) is 6.99. The van der Waals surface area contributed by atoms with Crippen LogP contribution >= 0.6 is 0 Å². The van der Waals surface area contributed by atoms with E-state index in [2.05, 4.69) is 5.32 Å². The van der Waals surface area contributed by atoms with Crippen molar-refractivity contribution >= 4 is 17.8 Å². The number of rotatable bonds is 7. The number of alkyl carbamates (subject to hydrolysis) is 1. The van der Waals surface area contributed by atoms with Gasteiger partial charge in [-0.15, -0.1) is 0 Å². The van der Waals surface area contributed by atoms with Crippen molar-refractivity contribution in [2.75, 3.05) is 26.2 Å². The Morgan fingerprint density at radius 2 is 1.67 bits per heavy atom. The molecule has 3 fully saturated rings. The van der Waals surface area contributed by atoms with Crippen LogP contribution in [0.4, 0.5) is 9.18 Å². The van der Waals surface area contributed by atoms with Crippen molar-refractivity contribution < 1.29 is 32.7 Å². The predicted molar refractivity (Wildman–Crippen MR) is 132 cm³/mol. The number of halogens is 1. The quantitative estimate of drug-likeness (QED) is 0.348. The molecule has 192 valence electrons. The fraction of sp³-hybridized carbons (Fsp3) is 0.464. The van der Waals surface area contributed by atoms with E-state index >= 15 is 0 Å². The number of nitrogens with one attached hydrogen (secondary N) is 1. The van der Waals surface area contributed by atoms with Gasteiger partial charge < -0.3 is 19.3 Å². The molecule has 1 unspecified atom stereocenters. The molecule has 0 aromatic heterocycles. The zero-order valence-electron chi connectivity index (χ0n) is 21.0. The normalized spacial score (nSPS) is 24.0. The molecule has 36 heavy (non-hydrogen) atoms. The summed E-state index contributed by atoms with van der Waals surface area (Å²) in [6, 6.07) is 13.9. The molecule has 2 bridgehead atoms. The second-order valence-corrected chi connectivity index (χ2v) is 10.8. The molecular formula is C28H34FN2O5+. The maximum absolute atomic E-state index is 14.2. The van der Waals surface area contributed by atoms with Crippen LogP contribution in [0.25, 0.3) is 0 Å². The molecule has 7 nitrogen and oxygen atoms in total. The standard InChI is InChI=1S/C28H33FN2O5/c1-28(2,3)36-27(34)30-25(20-9-5-4-6-10-20)26(33)35-24-18-31(15-13-19(24)14-16-31)17-23(32)21-11-7-8-12-22(21)29/h4-12,19,24-25H,13-18H2,1-3H3/p+1/t19?,24-,25?,31?/m0/s1. The number of amides is 1. The van der Waals surface area contributed by atoms with E-state index in [0.717, 1.165) is 25.9 Å². The first kappa shape index (κ1) is 25.8. The molecule has 3 aliphatic heterocycles. The molecule has 3 heterocycles. The molecule has 1 amide bonds. The average Bonchev–Trinajstić information content (AvgIpc) is 2.82. The largest absolute Gasteiger partial charge is 0.454 e. The van der Waals surface area contributed by atoms with Crippen molar-refractivity contribution in [2.45, 2.75) is 51.4 Å². The second kappa shape index (κ2) is 10.4. The number of carbonyl (C=O) groups is 3. The SMILES string of the molecule is CC(C)(C)OC(=O)NC(C(=O)O[C@H]1C[N+]2(CC(=O)c3ccccc3F)CCC1CC2)c1ccccc1. The lowest BCUT2D eigenvalue weighted by atomic mass is 9.82. The highest BCUT2D eigenvalue weighted by Gasteiger charge is 2.49. The average molecular weight is 498 g/mol. The third-order valence-corrected chi connectivity index (χ3v) is 6.99. The minimum Gasteiger partial charge on any atom is -0.454 e. The van der Waals surface area contributed by atoms with Crippen LogP contribution < -0.4 is 5.32 Å². The van der Waals surface area contributed by atoms with Crippen LogP contribution in [0.1, 0.15) is 55.6 Å². The summed E-state index contributed by atoms with van der Waals surface area (Å²) in [5.41, 5.74) is -0.0305. The Bertz CT molecular complexity index is 1110. The molecule has 3 aliphatic rings. The van der Waals surface area contributed by atoms with Gasteiger partial charge in [-0.05, 0) is 38.5 Å². The number of carbonyl (C=O) groups excluding carboxylic acids is 3. The number of ether oxygens (including phenoxy) is 2. The van der Waals surface area contributed by atoms with E-state index in [1.807, 2.05) is 6.07 Å². The van der Waals surface area contributed by atoms with Crippen LogP contribution in [-0.4, -0.2) is 60.2 Å². The van der Waals surface area contributed by atoms with E-state index in [0.29, 0.717) is 16.6 Å². The van der Waals surface area contributed by atoms with E-state index in [-0.39, 0.29) is 29.9 Å². The number of hydrogen-bond acceptors (Lipinski definition) is 5. The molecule has 2 atom stereocenters. The van der Waals surface area contributed by atoms with E-state index in [1.165, 1.54) is 12.1 Å². The maximum Gasteiger partial charge on any atom is 0.408 e. The number of esters is 1. The number of hydrogen-bond donors (Lipinski definition) is 1. The smallest absolute Gasteiger partial charge is 0.408 e. The number of piperidine rings is 3. The second-order valence-electron chi connectivity index (χ2n) is 10.8. The van der Waals surface area contributed by atoms with Gasteiger partial charge in [-0.1, -0.05) is 42.5 Å². The molecule has 2 aromatic carbocycles. The van der Waals surface area contributed by atoms with E-state index in [4.69, 9.17) is 9.47 Å². The zero-order valence-corrected chi connectivity index (χ0v) is 21.0. The van der Waals surface area contributed by atoms with Gasteiger partial charge in [0.1, 0.15) is 24.5 Å². The number of Topliss-reactive ketones (excluding diaryl/α,β-unsaturated/α-hetero) is 1. The Kier molecular flexibility index (Phi) is 7.45. The summed E-state index contributed by atoms with van der Waals surface area (Å²) in [5.74, 6) is -1.14. The lowest BCUT2D eigenvalue weighted by Crippen LogP contribution is -2.66. The number of quaternary nitrogens is 1. The molecule has 5 rings (SSSR count). The van der Waals surface area contributed by atoms with Crippen LogP contribution in [-0.2, 0) is 14.3 Å². The van der Waals surface area contributed by atoms with Crippen molar-refractivity contribution in [3.8, 4) is 0 Å². The topological polar surface area (TPSA) is 81.7 Å². The number of nitrogens with zero attached hydrogens (tertiary/aromatic N) is 1. The summed E-state index contributed by atoms with van der Waals surface area (Å²) in [6.45, 7) is 7.49. The van der Waals surface area contributed by atoms with Crippen LogP contribution in [0.15, 0.2) is 54.6 Å². The van der Waals surface area contributed by atoms with Gasteiger partial charge in [0.25, 0.3) is 0 Å². The highest BCUT2D eigenvalue weighted by atomic mass is 19.1. The monoisotopic (exact) mass is 497 g/mol. The number of ketones is 1. The summed E-state index contributed by atoms with van der Waals surface area (Å²) in [7, 11) is 0. The molecule has 3 saturated heterocycles. The minimum absolute atomic E-state index is 0.0944. The predicted octanol–water partition coefficient (Wildman–Crippen LogP) is 4.43. The molecule has 0 radical (unpaired) electrons. The fourth-order valence-electron chi connectivity index (χ4n) is 5.22. The van der Waals surface area contributed by atoms with Gasteiger partial charge in [0.2, 0.25) is 5.78 Å². The van der Waals surface area contributed by atoms with Gasteiger partial charge in [-0.2, -0.15) is 0 Å². The number of fused-ring (bicyclic) bond motifs is 3. The zero-order chi connectivity index (χ0) is 25.9. The summed E-state index contributed by atoms with van der Waals surface area (Å²) in [6.07, 6.45) is 0.539. The van der Waals surface area contributed by atoms with E-state index in [9.17, 15) is 18.8 Å².